The van der Waals surface area contributed by atoms with Crippen molar-refractivity contribution in [3.8, 4) is 0 Å². The van der Waals surface area contributed by atoms with E-state index in [4.69, 9.17) is 11.0 Å². The van der Waals surface area contributed by atoms with E-state index in [0.717, 1.165) is 11.1 Å². The normalized spacial score (nSPS) is 11.1. The standard InChI is InChI=1S/C15H10NO2.C7H10.Ir/c1-16-9-10-5-4-7-12-14(17)11-6-2-3-8-13(11)18-15(10)12;1-6(2)5-7(3)4;/h2-4,6-9H,1H3;1,5H,3H2,2,4H3;/q-1;;/b;7-5+;. The third-order valence-corrected chi connectivity index (χ3v) is 3.30. The molecule has 0 aliphatic carbocycles. The number of hydrogen-bond donors (Lipinski definition) is 0. The van der Waals surface area contributed by atoms with Gasteiger partial charge in [-0.1, -0.05) is 24.6 Å². The molecular weight excluding hydrogens is 502 g/mol. The first-order chi connectivity index (χ1) is 11.9. The predicted molar refractivity (Wildman–Crippen MR) is 105 cm³/mol. The number of para-hydroxylation sites is 1. The average molecular weight is 523 g/mol. The van der Waals surface area contributed by atoms with Crippen molar-refractivity contribution in [1.29, 1.82) is 0 Å². The Morgan fingerprint density at radius 1 is 1.23 bits per heavy atom. The second-order valence-electron chi connectivity index (χ2n) is 5.68. The molecular formula is C22H20IrNO2-. The molecule has 0 N–H and O–H groups in total. The number of rotatable bonds is 2. The minimum absolute atomic E-state index is 0. The zero-order valence-electron chi connectivity index (χ0n) is 15.0. The average Bonchev–Trinajstić information content (AvgIpc) is 2.55. The second-order valence-corrected chi connectivity index (χ2v) is 5.68. The molecule has 1 aromatic heterocycles. The van der Waals surface area contributed by atoms with Gasteiger partial charge in [-0.2, -0.15) is 6.08 Å². The van der Waals surface area contributed by atoms with Crippen molar-refractivity contribution in [3.05, 3.63) is 89.0 Å². The molecule has 0 aliphatic heterocycles. The molecule has 26 heavy (non-hydrogen) atoms. The molecule has 0 fully saturated rings. The molecule has 1 radical (unpaired) electrons. The van der Waals surface area contributed by atoms with Crippen LogP contribution in [0.4, 0.5) is 0 Å². The molecule has 0 atom stereocenters. The van der Waals surface area contributed by atoms with Gasteiger partial charge < -0.3 is 9.41 Å². The van der Waals surface area contributed by atoms with E-state index >= 15 is 0 Å². The molecule has 3 nitrogen and oxygen atoms in total. The van der Waals surface area contributed by atoms with Crippen molar-refractivity contribution in [2.45, 2.75) is 13.8 Å². The first kappa shape index (κ1) is 21.5. The minimum Gasteiger partial charge on any atom is -0.500 e. The first-order valence-corrected chi connectivity index (χ1v) is 7.81. The summed E-state index contributed by atoms with van der Waals surface area (Å²) in [5.41, 5.74) is 3.60. The summed E-state index contributed by atoms with van der Waals surface area (Å²) < 4.78 is 5.79. The maximum absolute atomic E-state index is 12.3. The molecule has 135 valence electrons. The zero-order chi connectivity index (χ0) is 18.4. The van der Waals surface area contributed by atoms with E-state index < -0.39 is 0 Å². The summed E-state index contributed by atoms with van der Waals surface area (Å²) in [6.07, 6.45) is 3.47. The maximum Gasteiger partial charge on any atom is 0.182 e. The predicted octanol–water partition coefficient (Wildman–Crippen LogP) is 4.94. The van der Waals surface area contributed by atoms with E-state index in [1.165, 1.54) is 0 Å². The molecule has 0 unspecified atom stereocenters. The van der Waals surface area contributed by atoms with Gasteiger partial charge in [0.15, 0.2) is 5.43 Å². The topological polar surface area (TPSA) is 42.6 Å². The number of fused-ring (bicyclic) bond motifs is 2. The summed E-state index contributed by atoms with van der Waals surface area (Å²) in [4.78, 5) is 16.3. The second kappa shape index (κ2) is 9.84. The summed E-state index contributed by atoms with van der Waals surface area (Å²) in [6, 6.07) is 13.7. The van der Waals surface area contributed by atoms with Gasteiger partial charge in [0, 0.05) is 39.3 Å². The van der Waals surface area contributed by atoms with Crippen LogP contribution in [0.5, 0.6) is 0 Å². The van der Waals surface area contributed by atoms with Crippen LogP contribution in [0.15, 0.2) is 67.8 Å². The van der Waals surface area contributed by atoms with Crippen molar-refractivity contribution < 1.29 is 24.5 Å². The Morgan fingerprint density at radius 2 is 1.92 bits per heavy atom. The van der Waals surface area contributed by atoms with Crippen molar-refractivity contribution in [1.82, 2.24) is 0 Å². The number of allylic oxidation sites excluding steroid dienone is 3. The van der Waals surface area contributed by atoms with E-state index in [0.29, 0.717) is 27.5 Å². The molecule has 0 amide bonds. The van der Waals surface area contributed by atoms with Crippen LogP contribution < -0.4 is 5.43 Å². The fourth-order valence-electron chi connectivity index (χ4n) is 2.40. The maximum atomic E-state index is 12.3. The molecule has 0 saturated heterocycles. The number of benzene rings is 2. The van der Waals surface area contributed by atoms with Crippen molar-refractivity contribution in [2.75, 3.05) is 7.05 Å². The first-order valence-electron chi connectivity index (χ1n) is 7.81. The molecule has 3 rings (SSSR count). The summed E-state index contributed by atoms with van der Waals surface area (Å²) in [5.74, 6) is 0. The molecule has 4 heteroatoms. The van der Waals surface area contributed by atoms with Gasteiger partial charge >= 0.3 is 0 Å². The van der Waals surface area contributed by atoms with Gasteiger partial charge in [-0.3, -0.25) is 4.79 Å². The van der Waals surface area contributed by atoms with Crippen LogP contribution in [0.1, 0.15) is 19.4 Å². The fourth-order valence-corrected chi connectivity index (χ4v) is 2.40. The van der Waals surface area contributed by atoms with Gasteiger partial charge in [0.25, 0.3) is 0 Å². The number of nitrogens with zero attached hydrogens (tertiary/aromatic N) is 1. The van der Waals surface area contributed by atoms with E-state index in [1.54, 1.807) is 37.5 Å². The molecule has 2 aromatic carbocycles. The van der Waals surface area contributed by atoms with E-state index in [1.807, 2.05) is 32.1 Å². The van der Waals surface area contributed by atoms with Gasteiger partial charge in [-0.15, -0.1) is 18.2 Å². The summed E-state index contributed by atoms with van der Waals surface area (Å²) in [5, 5.41) is 1.15. The Labute approximate surface area is 167 Å². The Morgan fingerprint density at radius 3 is 2.50 bits per heavy atom. The van der Waals surface area contributed by atoms with Crippen LogP contribution in [0.2, 0.25) is 0 Å². The summed E-state index contributed by atoms with van der Waals surface area (Å²) >= 11 is 0. The van der Waals surface area contributed by atoms with Gasteiger partial charge in [0.2, 0.25) is 0 Å². The Kier molecular flexibility index (Phi) is 8.15. The molecule has 0 saturated carbocycles. The zero-order valence-corrected chi connectivity index (χ0v) is 17.4. The van der Waals surface area contributed by atoms with E-state index in [-0.39, 0.29) is 25.5 Å². The Hall–Kier alpha value is -2.51. The quantitative estimate of drug-likeness (QED) is 0.207. The van der Waals surface area contributed by atoms with Crippen LogP contribution in [-0.2, 0) is 20.1 Å². The number of hydrogen-bond acceptors (Lipinski definition) is 3. The number of aliphatic imine (C=N–C) groups is 1. The van der Waals surface area contributed by atoms with Gasteiger partial charge in [-0.05, 0) is 30.7 Å². The van der Waals surface area contributed by atoms with Crippen LogP contribution in [0.25, 0.3) is 21.9 Å². The van der Waals surface area contributed by atoms with Gasteiger partial charge in [0.1, 0.15) is 5.58 Å². The van der Waals surface area contributed by atoms with Crippen molar-refractivity contribution in [3.63, 3.8) is 0 Å². The Bertz CT molecular complexity index is 1030. The van der Waals surface area contributed by atoms with Crippen LogP contribution in [-0.4, -0.2) is 13.3 Å². The van der Waals surface area contributed by atoms with Gasteiger partial charge in [-0.25, -0.2) is 12.5 Å². The van der Waals surface area contributed by atoms with E-state index in [2.05, 4.69) is 18.0 Å². The molecule has 1 heterocycles. The smallest absolute Gasteiger partial charge is 0.182 e. The molecule has 0 spiro atoms. The van der Waals surface area contributed by atoms with Gasteiger partial charge in [0.05, 0.1) is 11.0 Å². The van der Waals surface area contributed by atoms with Crippen LogP contribution >= 0.6 is 0 Å². The SMILES string of the molecule is CN=Cc1[c-]ccc2c(=O)c3ccccc3oc12.[CH+]=C(C)/C=C(\[CH2-])C.[Ir]. The largest absolute Gasteiger partial charge is 0.500 e. The van der Waals surface area contributed by atoms with Crippen molar-refractivity contribution in [2.24, 2.45) is 4.99 Å². The molecule has 0 aliphatic rings. The third-order valence-electron chi connectivity index (χ3n) is 3.30. The summed E-state index contributed by atoms with van der Waals surface area (Å²) in [6.45, 7) is 12.7. The minimum atomic E-state index is -0.0217. The van der Waals surface area contributed by atoms with Crippen molar-refractivity contribution >= 4 is 28.2 Å². The van der Waals surface area contributed by atoms with Crippen LogP contribution in [0, 0.1) is 19.6 Å². The Balaban J connectivity index is 0.000000366. The monoisotopic (exact) mass is 523 g/mol. The molecule has 0 bridgehead atoms. The third kappa shape index (κ3) is 5.24. The molecule has 3 aromatic rings. The van der Waals surface area contributed by atoms with E-state index in [9.17, 15) is 4.79 Å². The fraction of sp³-hybridized carbons (Fsp3) is 0.136. The summed E-state index contributed by atoms with van der Waals surface area (Å²) in [7, 11) is 1.67. The van der Waals surface area contributed by atoms with Crippen LogP contribution in [0.3, 0.4) is 0 Å².